The van der Waals surface area contributed by atoms with Crippen LogP contribution in [-0.4, -0.2) is 6.54 Å². The van der Waals surface area contributed by atoms with Gasteiger partial charge in [-0.25, -0.2) is 0 Å². The summed E-state index contributed by atoms with van der Waals surface area (Å²) in [5.74, 6) is 0. The van der Waals surface area contributed by atoms with Gasteiger partial charge in [-0.15, -0.1) is 0 Å². The molecule has 0 atom stereocenters. The summed E-state index contributed by atoms with van der Waals surface area (Å²) in [6, 6.07) is 18.5. The van der Waals surface area contributed by atoms with Crippen molar-refractivity contribution in [2.75, 3.05) is 11.4 Å². The van der Waals surface area contributed by atoms with E-state index in [2.05, 4.69) is 23.1 Å². The van der Waals surface area contributed by atoms with Crippen molar-refractivity contribution in [3.8, 4) is 0 Å². The smallest absolute Gasteiger partial charge is 0.238 e. The van der Waals surface area contributed by atoms with E-state index in [1.165, 1.54) is 16.7 Å². The van der Waals surface area contributed by atoms with Crippen molar-refractivity contribution in [3.05, 3.63) is 69.7 Å². The Morgan fingerprint density at radius 3 is 2.55 bits per heavy atom. The monoisotopic (exact) mass is 279 g/mol. The first-order valence-electron chi connectivity index (χ1n) is 6.72. The molecule has 1 aliphatic heterocycles. The molecule has 0 amide bonds. The van der Waals surface area contributed by atoms with Crippen molar-refractivity contribution in [1.29, 1.82) is 0 Å². The number of benzene rings is 2. The van der Waals surface area contributed by atoms with Gasteiger partial charge in [-0.3, -0.25) is 4.79 Å². The summed E-state index contributed by atoms with van der Waals surface area (Å²) in [6.45, 7) is 0.884. The fraction of sp³-hybridized carbons (Fsp3) is 0.118. The fourth-order valence-electron chi connectivity index (χ4n) is 2.90. The van der Waals surface area contributed by atoms with Gasteiger partial charge >= 0.3 is 0 Å². The maximum absolute atomic E-state index is 12.3. The third-order valence-corrected chi connectivity index (χ3v) is 4.81. The third kappa shape index (κ3) is 1.67. The van der Waals surface area contributed by atoms with Gasteiger partial charge < -0.3 is 4.90 Å². The Balaban J connectivity index is 2.03. The minimum absolute atomic E-state index is 0.206. The average Bonchev–Trinajstić information content (AvgIpc) is 2.94. The summed E-state index contributed by atoms with van der Waals surface area (Å²) in [5.41, 5.74) is 3.24. The number of nitrogens with zero attached hydrogens (tertiary/aromatic N) is 1. The standard InChI is InChI=1S/C17H13NOS/c19-17-14-10-11-18(12-6-2-1-3-7-12)16(14)13-8-4-5-9-15(13)20-17/h1-9H,10-11H2. The Labute approximate surface area is 120 Å². The van der Waals surface area contributed by atoms with Gasteiger partial charge in [0.15, 0.2) is 0 Å². The van der Waals surface area contributed by atoms with Crippen molar-refractivity contribution < 1.29 is 0 Å². The molecule has 0 radical (unpaired) electrons. The molecule has 0 bridgehead atoms. The molecule has 0 saturated carbocycles. The van der Waals surface area contributed by atoms with Gasteiger partial charge in [-0.2, -0.15) is 0 Å². The van der Waals surface area contributed by atoms with E-state index in [1.54, 1.807) is 0 Å². The average molecular weight is 279 g/mol. The molecular formula is C17H13NOS. The highest BCUT2D eigenvalue weighted by atomic mass is 32.1. The molecule has 4 rings (SSSR count). The second-order valence-corrected chi connectivity index (χ2v) is 5.96. The van der Waals surface area contributed by atoms with Crippen LogP contribution < -0.4 is 9.64 Å². The van der Waals surface area contributed by atoms with Crippen LogP contribution in [-0.2, 0) is 6.42 Å². The van der Waals surface area contributed by atoms with Gasteiger partial charge in [-0.05, 0) is 24.6 Å². The predicted molar refractivity (Wildman–Crippen MR) is 85.2 cm³/mol. The molecule has 98 valence electrons. The largest absolute Gasteiger partial charge is 0.340 e. The van der Waals surface area contributed by atoms with Gasteiger partial charge in [0, 0.05) is 27.9 Å². The number of anilines is 2. The maximum atomic E-state index is 12.3. The summed E-state index contributed by atoms with van der Waals surface area (Å²) in [7, 11) is 0. The second-order valence-electron chi connectivity index (χ2n) is 4.95. The minimum Gasteiger partial charge on any atom is -0.340 e. The van der Waals surface area contributed by atoms with E-state index < -0.39 is 0 Å². The predicted octanol–water partition coefficient (Wildman–Crippen LogP) is 3.96. The fourth-order valence-corrected chi connectivity index (χ4v) is 3.85. The first-order valence-corrected chi connectivity index (χ1v) is 7.53. The molecule has 3 heteroatoms. The van der Waals surface area contributed by atoms with Crippen molar-refractivity contribution in [2.45, 2.75) is 6.42 Å². The minimum atomic E-state index is 0.206. The SMILES string of the molecule is O=c1sc2ccccc2c2c1CCN2c1ccccc1. The molecule has 3 aromatic rings. The van der Waals surface area contributed by atoms with E-state index in [4.69, 9.17) is 0 Å². The molecule has 0 unspecified atom stereocenters. The quantitative estimate of drug-likeness (QED) is 0.672. The molecule has 20 heavy (non-hydrogen) atoms. The zero-order valence-corrected chi connectivity index (χ0v) is 11.7. The topological polar surface area (TPSA) is 20.3 Å². The molecule has 2 nitrogen and oxygen atoms in total. The number of fused-ring (bicyclic) bond motifs is 3. The van der Waals surface area contributed by atoms with Crippen molar-refractivity contribution in [2.24, 2.45) is 0 Å². The van der Waals surface area contributed by atoms with Gasteiger partial charge in [-0.1, -0.05) is 47.7 Å². The van der Waals surface area contributed by atoms with Crippen LogP contribution in [0.3, 0.4) is 0 Å². The lowest BCUT2D eigenvalue weighted by Crippen LogP contribution is -2.13. The van der Waals surface area contributed by atoms with Crippen LogP contribution in [0.5, 0.6) is 0 Å². The second kappa shape index (κ2) is 4.46. The van der Waals surface area contributed by atoms with Crippen LogP contribution in [0.25, 0.3) is 10.1 Å². The lowest BCUT2D eigenvalue weighted by Gasteiger charge is -2.20. The van der Waals surface area contributed by atoms with Crippen LogP contribution in [0.2, 0.25) is 0 Å². The highest BCUT2D eigenvalue weighted by Crippen LogP contribution is 2.39. The van der Waals surface area contributed by atoms with Gasteiger partial charge in [0.05, 0.1) is 5.69 Å². The van der Waals surface area contributed by atoms with Crippen LogP contribution in [0, 0.1) is 0 Å². The van der Waals surface area contributed by atoms with Crippen LogP contribution in [0.1, 0.15) is 5.56 Å². The highest BCUT2D eigenvalue weighted by Gasteiger charge is 2.25. The first-order chi connectivity index (χ1) is 9.84. The zero-order valence-electron chi connectivity index (χ0n) is 10.9. The highest BCUT2D eigenvalue weighted by molar-refractivity contribution is 7.16. The van der Waals surface area contributed by atoms with Crippen molar-refractivity contribution in [1.82, 2.24) is 0 Å². The van der Waals surface area contributed by atoms with Crippen LogP contribution >= 0.6 is 11.3 Å². The molecule has 0 fully saturated rings. The van der Waals surface area contributed by atoms with E-state index in [1.807, 2.05) is 36.4 Å². The Morgan fingerprint density at radius 1 is 0.950 bits per heavy atom. The molecule has 1 aromatic heterocycles. The summed E-state index contributed by atoms with van der Waals surface area (Å²) in [4.78, 5) is 14.6. The third-order valence-electron chi connectivity index (χ3n) is 3.80. The van der Waals surface area contributed by atoms with E-state index in [9.17, 15) is 4.79 Å². The molecule has 0 N–H and O–H groups in total. The van der Waals surface area contributed by atoms with Gasteiger partial charge in [0.2, 0.25) is 4.74 Å². The summed E-state index contributed by atoms with van der Waals surface area (Å²) < 4.78 is 1.27. The van der Waals surface area contributed by atoms with Crippen LogP contribution in [0.15, 0.2) is 59.4 Å². The normalized spacial score (nSPS) is 13.7. The van der Waals surface area contributed by atoms with Crippen molar-refractivity contribution >= 4 is 32.8 Å². The molecule has 2 aromatic carbocycles. The number of hydrogen-bond acceptors (Lipinski definition) is 3. The van der Waals surface area contributed by atoms with E-state index in [0.29, 0.717) is 0 Å². The van der Waals surface area contributed by atoms with Gasteiger partial charge in [0.25, 0.3) is 0 Å². The summed E-state index contributed by atoms with van der Waals surface area (Å²) in [5, 5.41) is 1.19. The van der Waals surface area contributed by atoms with E-state index in [0.717, 1.165) is 34.6 Å². The molecule has 0 saturated heterocycles. The summed E-state index contributed by atoms with van der Waals surface area (Å²) >= 11 is 1.36. The molecular weight excluding hydrogens is 266 g/mol. The van der Waals surface area contributed by atoms with Crippen LogP contribution in [0.4, 0.5) is 11.4 Å². The number of para-hydroxylation sites is 1. The molecule has 0 aliphatic carbocycles. The zero-order chi connectivity index (χ0) is 13.5. The maximum Gasteiger partial charge on any atom is 0.238 e. The number of hydrogen-bond donors (Lipinski definition) is 0. The Bertz CT molecular complexity index is 838. The Kier molecular flexibility index (Phi) is 2.60. The number of rotatable bonds is 1. The summed E-state index contributed by atoms with van der Waals surface area (Å²) in [6.07, 6.45) is 0.838. The Hall–Kier alpha value is -2.13. The van der Waals surface area contributed by atoms with Crippen molar-refractivity contribution in [3.63, 3.8) is 0 Å². The molecule has 1 aliphatic rings. The van der Waals surface area contributed by atoms with E-state index >= 15 is 0 Å². The lowest BCUT2D eigenvalue weighted by molar-refractivity contribution is 0.997. The molecule has 0 spiro atoms. The van der Waals surface area contributed by atoms with E-state index in [-0.39, 0.29) is 4.74 Å². The molecule has 2 heterocycles. The van der Waals surface area contributed by atoms with Gasteiger partial charge in [0.1, 0.15) is 0 Å². The first kappa shape index (κ1) is 11.7. The lowest BCUT2D eigenvalue weighted by atomic mass is 10.1. The Morgan fingerprint density at radius 2 is 1.70 bits per heavy atom.